The van der Waals surface area contributed by atoms with Gasteiger partial charge in [-0.05, 0) is 36.4 Å². The van der Waals surface area contributed by atoms with Crippen molar-refractivity contribution >= 4 is 21.9 Å². The fourth-order valence-electron chi connectivity index (χ4n) is 6.24. The summed E-state index contributed by atoms with van der Waals surface area (Å²) in [6.45, 7) is 0. The second-order valence-corrected chi connectivity index (χ2v) is 11.9. The van der Waals surface area contributed by atoms with Crippen LogP contribution in [0.5, 0.6) is 0 Å². The summed E-state index contributed by atoms with van der Waals surface area (Å²) in [5, 5.41) is 2.05. The number of nitrogens with zero attached hydrogens (tertiary/aromatic N) is 4. The summed E-state index contributed by atoms with van der Waals surface area (Å²) in [5.74, 6) is 1.28. The van der Waals surface area contributed by atoms with Crippen LogP contribution in [0, 0.1) is 0 Å². The van der Waals surface area contributed by atoms with Crippen molar-refractivity contribution in [3.05, 3.63) is 170 Å². The summed E-state index contributed by atoms with van der Waals surface area (Å²) in [7, 11) is 0. The van der Waals surface area contributed by atoms with Gasteiger partial charge in [-0.1, -0.05) is 133 Å². The van der Waals surface area contributed by atoms with Crippen LogP contribution in [0.2, 0.25) is 0 Å². The summed E-state index contributed by atoms with van der Waals surface area (Å²) < 4.78 is 6.53. The minimum absolute atomic E-state index is 0.641. The van der Waals surface area contributed by atoms with Gasteiger partial charge < -0.3 is 4.42 Å². The van der Waals surface area contributed by atoms with Crippen molar-refractivity contribution in [2.75, 3.05) is 0 Å². The molecule has 0 N–H and O–H groups in total. The topological polar surface area (TPSA) is 64.7 Å². The lowest BCUT2D eigenvalue weighted by Gasteiger charge is -2.09. The van der Waals surface area contributed by atoms with Gasteiger partial charge in [-0.15, -0.1) is 0 Å². The molecule has 0 aliphatic rings. The Morgan fingerprint density at radius 3 is 0.898 bits per heavy atom. The van der Waals surface area contributed by atoms with E-state index in [0.717, 1.165) is 78.1 Å². The van der Waals surface area contributed by atoms with Gasteiger partial charge in [-0.2, -0.15) is 0 Å². The third-order valence-electron chi connectivity index (χ3n) is 8.72. The molecule has 0 radical (unpaired) electrons. The number of hydrogen-bond acceptors (Lipinski definition) is 5. The van der Waals surface area contributed by atoms with Crippen molar-refractivity contribution in [1.29, 1.82) is 0 Å². The molecule has 6 aromatic carbocycles. The average Bonchev–Trinajstić information content (AvgIpc) is 3.56. The molecule has 0 aliphatic heterocycles. The van der Waals surface area contributed by atoms with E-state index in [-0.39, 0.29) is 0 Å². The standard InChI is InChI=1S/C44H28N4O/c1-5-13-29(14-6-1)37-27-38(30-15-7-2-8-16-30)46-43(45-37)33-21-23-35-36-24-22-34(26-42(36)49-41(35)25-33)44-47-39(31-17-9-3-10-18-31)28-40(48-44)32-19-11-4-12-20-32/h1-28H. The number of rotatable bonds is 6. The van der Waals surface area contributed by atoms with Crippen LogP contribution in [0.15, 0.2) is 174 Å². The predicted molar refractivity (Wildman–Crippen MR) is 198 cm³/mol. The minimum Gasteiger partial charge on any atom is -0.456 e. The number of furan rings is 1. The highest BCUT2D eigenvalue weighted by Gasteiger charge is 2.16. The maximum atomic E-state index is 6.53. The summed E-state index contributed by atoms with van der Waals surface area (Å²) in [6, 6.07) is 57.4. The van der Waals surface area contributed by atoms with Gasteiger partial charge in [-0.3, -0.25) is 0 Å². The van der Waals surface area contributed by atoms with Gasteiger partial charge in [-0.25, -0.2) is 19.9 Å². The first-order valence-electron chi connectivity index (χ1n) is 16.2. The first-order valence-corrected chi connectivity index (χ1v) is 16.2. The lowest BCUT2D eigenvalue weighted by Crippen LogP contribution is -1.95. The lowest BCUT2D eigenvalue weighted by atomic mass is 10.0. The monoisotopic (exact) mass is 628 g/mol. The fraction of sp³-hybridized carbons (Fsp3) is 0. The Hall–Kier alpha value is -6.72. The van der Waals surface area contributed by atoms with Gasteiger partial charge in [0.2, 0.25) is 0 Å². The van der Waals surface area contributed by atoms with Gasteiger partial charge in [0, 0.05) is 44.2 Å². The van der Waals surface area contributed by atoms with Crippen LogP contribution in [-0.2, 0) is 0 Å². The van der Waals surface area contributed by atoms with E-state index >= 15 is 0 Å². The number of benzene rings is 6. The van der Waals surface area contributed by atoms with Gasteiger partial charge >= 0.3 is 0 Å². The highest BCUT2D eigenvalue weighted by molar-refractivity contribution is 6.06. The summed E-state index contributed by atoms with van der Waals surface area (Å²) in [4.78, 5) is 20.0. The molecular formula is C44H28N4O. The first kappa shape index (κ1) is 28.5. The molecule has 0 fully saturated rings. The summed E-state index contributed by atoms with van der Waals surface area (Å²) >= 11 is 0. The van der Waals surface area contributed by atoms with Crippen LogP contribution in [0.1, 0.15) is 0 Å². The van der Waals surface area contributed by atoms with E-state index in [1.54, 1.807) is 0 Å². The SMILES string of the molecule is c1ccc(-c2cc(-c3ccccc3)nc(-c3ccc4c(c3)oc3cc(-c5nc(-c6ccccc6)cc(-c6ccccc6)n5)ccc34)n2)cc1. The van der Waals surface area contributed by atoms with E-state index in [1.807, 2.05) is 97.1 Å². The van der Waals surface area contributed by atoms with E-state index in [1.165, 1.54) is 0 Å². The quantitative estimate of drug-likeness (QED) is 0.183. The van der Waals surface area contributed by atoms with Crippen LogP contribution in [0.3, 0.4) is 0 Å². The highest BCUT2D eigenvalue weighted by atomic mass is 16.3. The second-order valence-electron chi connectivity index (χ2n) is 11.9. The minimum atomic E-state index is 0.641. The maximum Gasteiger partial charge on any atom is 0.160 e. The molecule has 9 rings (SSSR count). The van der Waals surface area contributed by atoms with Crippen LogP contribution >= 0.6 is 0 Å². The Kier molecular flexibility index (Phi) is 7.06. The Morgan fingerprint density at radius 2 is 0.592 bits per heavy atom. The number of aromatic nitrogens is 4. The van der Waals surface area contributed by atoms with Crippen molar-refractivity contribution in [1.82, 2.24) is 19.9 Å². The molecule has 0 spiro atoms. The lowest BCUT2D eigenvalue weighted by molar-refractivity contribution is 0.669. The average molecular weight is 629 g/mol. The Balaban J connectivity index is 1.15. The van der Waals surface area contributed by atoms with Gasteiger partial charge in [0.1, 0.15) is 11.2 Å². The van der Waals surface area contributed by atoms with Crippen molar-refractivity contribution in [3.8, 4) is 67.8 Å². The summed E-state index contributed by atoms with van der Waals surface area (Å²) in [5.41, 5.74) is 10.9. The van der Waals surface area contributed by atoms with Crippen LogP contribution in [-0.4, -0.2) is 19.9 Å². The molecule has 0 atom stereocenters. The van der Waals surface area contributed by atoms with Crippen molar-refractivity contribution < 1.29 is 4.42 Å². The maximum absolute atomic E-state index is 6.53. The zero-order chi connectivity index (χ0) is 32.6. The molecule has 9 aromatic rings. The number of hydrogen-bond donors (Lipinski definition) is 0. The first-order chi connectivity index (χ1) is 24.2. The highest BCUT2D eigenvalue weighted by Crippen LogP contribution is 2.36. The van der Waals surface area contributed by atoms with Crippen LogP contribution in [0.4, 0.5) is 0 Å². The molecule has 5 heteroatoms. The normalized spacial score (nSPS) is 11.3. The molecule has 0 saturated heterocycles. The zero-order valence-electron chi connectivity index (χ0n) is 26.4. The fourth-order valence-corrected chi connectivity index (χ4v) is 6.24. The van der Waals surface area contributed by atoms with E-state index < -0.39 is 0 Å². The van der Waals surface area contributed by atoms with Gasteiger partial charge in [0.05, 0.1) is 22.8 Å². The Labute approximate surface area is 283 Å². The van der Waals surface area contributed by atoms with E-state index in [4.69, 9.17) is 24.4 Å². The van der Waals surface area contributed by atoms with Gasteiger partial charge in [0.15, 0.2) is 11.6 Å². The van der Waals surface area contributed by atoms with Crippen LogP contribution in [0.25, 0.3) is 89.7 Å². The van der Waals surface area contributed by atoms with E-state index in [2.05, 4.69) is 72.8 Å². The molecule has 5 nitrogen and oxygen atoms in total. The molecule has 230 valence electrons. The molecule has 3 aromatic heterocycles. The number of fused-ring (bicyclic) bond motifs is 3. The third-order valence-corrected chi connectivity index (χ3v) is 8.72. The van der Waals surface area contributed by atoms with Crippen LogP contribution < -0.4 is 0 Å². The molecule has 3 heterocycles. The molecule has 0 unspecified atom stereocenters. The molecule has 0 amide bonds. The molecule has 49 heavy (non-hydrogen) atoms. The summed E-state index contributed by atoms with van der Waals surface area (Å²) in [6.07, 6.45) is 0. The van der Waals surface area contributed by atoms with Crippen molar-refractivity contribution in [3.63, 3.8) is 0 Å². The zero-order valence-corrected chi connectivity index (χ0v) is 26.4. The van der Waals surface area contributed by atoms with Crippen molar-refractivity contribution in [2.45, 2.75) is 0 Å². The molecule has 0 saturated carbocycles. The predicted octanol–water partition coefficient (Wildman–Crippen LogP) is 11.2. The van der Waals surface area contributed by atoms with Crippen molar-refractivity contribution in [2.24, 2.45) is 0 Å². The molecule has 0 bridgehead atoms. The third kappa shape index (κ3) is 5.53. The molecule has 0 aliphatic carbocycles. The van der Waals surface area contributed by atoms with Gasteiger partial charge in [0.25, 0.3) is 0 Å². The van der Waals surface area contributed by atoms with E-state index in [0.29, 0.717) is 11.6 Å². The van der Waals surface area contributed by atoms with E-state index in [9.17, 15) is 0 Å². The Bertz CT molecular complexity index is 2290. The smallest absolute Gasteiger partial charge is 0.160 e. The molecular weight excluding hydrogens is 601 g/mol. The largest absolute Gasteiger partial charge is 0.456 e. The second kappa shape index (κ2) is 12.1. The Morgan fingerprint density at radius 1 is 0.286 bits per heavy atom.